The number of piperidine rings is 1. The number of likely N-dealkylation sites (tertiary alicyclic amines) is 1. The topological polar surface area (TPSA) is 60.9 Å². The van der Waals surface area contributed by atoms with Gasteiger partial charge in [-0.3, -0.25) is 9.59 Å². The summed E-state index contributed by atoms with van der Waals surface area (Å²) in [5.74, 6) is -0.256. The van der Waals surface area contributed by atoms with Crippen molar-refractivity contribution in [3.8, 4) is 0 Å². The van der Waals surface area contributed by atoms with Gasteiger partial charge in [0, 0.05) is 42.0 Å². The van der Waals surface area contributed by atoms with Crippen molar-refractivity contribution in [2.45, 2.75) is 38.1 Å². The average molecular weight is 326 g/mol. The highest BCUT2D eigenvalue weighted by atomic mass is 16.4. The zero-order valence-electron chi connectivity index (χ0n) is 13.6. The third-order valence-electron chi connectivity index (χ3n) is 6.54. The highest BCUT2D eigenvalue weighted by Crippen LogP contribution is 2.45. The number of fused-ring (bicyclic) bond motifs is 2. The van der Waals surface area contributed by atoms with Gasteiger partial charge in [0.15, 0.2) is 5.78 Å². The molecule has 6 rings (SSSR count). The number of carboxylic acids is 1. The van der Waals surface area contributed by atoms with E-state index in [1.165, 1.54) is 12.1 Å². The second-order valence-electron chi connectivity index (χ2n) is 7.77. The molecule has 4 bridgehead atoms. The van der Waals surface area contributed by atoms with Crippen molar-refractivity contribution in [2.75, 3.05) is 13.1 Å². The summed E-state index contributed by atoms with van der Waals surface area (Å²) in [6, 6.07) is 0.358. The highest BCUT2D eigenvalue weighted by molar-refractivity contribution is 5.88. The Hall–Kier alpha value is -2.04. The third-order valence-corrected chi connectivity index (χ3v) is 6.54. The number of aliphatic carboxylic acids is 1. The molecule has 1 aliphatic carbocycles. The number of rotatable bonds is 2. The first kappa shape index (κ1) is 14.3. The molecule has 5 heteroatoms. The second kappa shape index (κ2) is 4.98. The summed E-state index contributed by atoms with van der Waals surface area (Å²) >= 11 is 0. The van der Waals surface area contributed by atoms with Crippen LogP contribution in [-0.2, 0) is 9.59 Å². The predicted molar refractivity (Wildman–Crippen MR) is 87.6 cm³/mol. The van der Waals surface area contributed by atoms with E-state index >= 15 is 0 Å². The highest BCUT2D eigenvalue weighted by Gasteiger charge is 2.47. The first-order chi connectivity index (χ1) is 11.6. The van der Waals surface area contributed by atoms with Crippen LogP contribution < -0.4 is 0 Å². The van der Waals surface area contributed by atoms with E-state index in [4.69, 9.17) is 0 Å². The summed E-state index contributed by atoms with van der Waals surface area (Å²) in [6.45, 7) is 1.12. The standard InChI is InChI=1S/C19H22N2O3/c22-18-10-20-12-5-11(18)6-13(20)8-14(7-12)21-9-16(19(23)24)15-3-1-2-4-17(15)21/h5,7-8,11,15-17H,1-4,6,9-10H2,(H,23,24)/t11-,15?,16?,17?/m0/s1. The monoisotopic (exact) mass is 326 g/mol. The van der Waals surface area contributed by atoms with Gasteiger partial charge in [0.2, 0.25) is 0 Å². The summed E-state index contributed by atoms with van der Waals surface area (Å²) in [7, 11) is 0. The van der Waals surface area contributed by atoms with Gasteiger partial charge in [-0.15, -0.1) is 0 Å². The Balaban J connectivity index is 1.49. The van der Waals surface area contributed by atoms with Crippen molar-refractivity contribution in [2.24, 2.45) is 17.8 Å². The van der Waals surface area contributed by atoms with Gasteiger partial charge in [-0.2, -0.15) is 0 Å². The molecule has 0 aromatic carbocycles. The molecule has 5 aliphatic heterocycles. The number of hydrogen-bond donors (Lipinski definition) is 1. The van der Waals surface area contributed by atoms with Crippen molar-refractivity contribution >= 4 is 11.8 Å². The number of ketones is 1. The molecule has 3 unspecified atom stereocenters. The van der Waals surface area contributed by atoms with Crippen molar-refractivity contribution in [1.29, 1.82) is 0 Å². The van der Waals surface area contributed by atoms with E-state index in [1.807, 2.05) is 0 Å². The normalized spacial score (nSPS) is 37.0. The number of carbonyl (C=O) groups excluding carboxylic acids is 1. The van der Waals surface area contributed by atoms with Gasteiger partial charge in [0.25, 0.3) is 0 Å². The zero-order valence-corrected chi connectivity index (χ0v) is 13.6. The van der Waals surface area contributed by atoms with Crippen molar-refractivity contribution in [1.82, 2.24) is 9.80 Å². The van der Waals surface area contributed by atoms with Gasteiger partial charge >= 0.3 is 5.97 Å². The lowest BCUT2D eigenvalue weighted by Gasteiger charge is -2.44. The van der Waals surface area contributed by atoms with Gasteiger partial charge in [-0.1, -0.05) is 12.8 Å². The van der Waals surface area contributed by atoms with Gasteiger partial charge in [0.05, 0.1) is 12.5 Å². The minimum atomic E-state index is -0.647. The van der Waals surface area contributed by atoms with Crippen LogP contribution in [0.1, 0.15) is 32.1 Å². The van der Waals surface area contributed by atoms with Crippen LogP contribution in [0, 0.1) is 17.8 Å². The number of allylic oxidation sites excluding steroid dienone is 4. The quantitative estimate of drug-likeness (QED) is 0.842. The molecule has 5 nitrogen and oxygen atoms in total. The first-order valence-corrected chi connectivity index (χ1v) is 9.05. The first-order valence-electron chi connectivity index (χ1n) is 9.05. The summed E-state index contributed by atoms with van der Waals surface area (Å²) in [6.07, 6.45) is 11.7. The molecule has 3 fully saturated rings. The van der Waals surface area contributed by atoms with E-state index in [9.17, 15) is 14.7 Å². The van der Waals surface area contributed by atoms with E-state index in [0.717, 1.165) is 37.1 Å². The Morgan fingerprint density at radius 3 is 2.75 bits per heavy atom. The molecule has 1 N–H and O–H groups in total. The molecule has 0 aromatic rings. The fourth-order valence-corrected chi connectivity index (χ4v) is 5.36. The minimum Gasteiger partial charge on any atom is -0.481 e. The molecular formula is C19H22N2O3. The Kier molecular flexibility index (Phi) is 2.97. The van der Waals surface area contributed by atoms with Crippen molar-refractivity contribution in [3.05, 3.63) is 35.3 Å². The van der Waals surface area contributed by atoms with Gasteiger partial charge in [-0.05, 0) is 37.0 Å². The van der Waals surface area contributed by atoms with Crippen LogP contribution in [0.2, 0.25) is 0 Å². The van der Waals surface area contributed by atoms with Crippen LogP contribution in [0.25, 0.3) is 0 Å². The molecule has 0 aromatic heterocycles. The van der Waals surface area contributed by atoms with Crippen LogP contribution in [0.4, 0.5) is 0 Å². The maximum atomic E-state index is 11.9. The molecule has 4 atom stereocenters. The Bertz CT molecular complexity index is 720. The summed E-state index contributed by atoms with van der Waals surface area (Å²) < 4.78 is 0. The van der Waals surface area contributed by atoms with E-state index in [2.05, 4.69) is 28.0 Å². The molecule has 0 radical (unpaired) electrons. The largest absolute Gasteiger partial charge is 0.481 e. The van der Waals surface area contributed by atoms with Crippen molar-refractivity contribution < 1.29 is 14.7 Å². The van der Waals surface area contributed by atoms with Crippen LogP contribution >= 0.6 is 0 Å². The summed E-state index contributed by atoms with van der Waals surface area (Å²) in [4.78, 5) is 28.1. The maximum Gasteiger partial charge on any atom is 0.308 e. The summed E-state index contributed by atoms with van der Waals surface area (Å²) in [5, 5.41) is 9.63. The molecule has 1 saturated carbocycles. The van der Waals surface area contributed by atoms with Crippen LogP contribution in [0.3, 0.4) is 0 Å². The SMILES string of the molecule is O=C(O)C1CN(C2=CC3=C[C@H]4CC(=C2)N3CC4=O)C2CCCCC12. The molecular weight excluding hydrogens is 304 g/mol. The Morgan fingerprint density at radius 1 is 1.17 bits per heavy atom. The molecule has 126 valence electrons. The molecule has 5 heterocycles. The molecule has 0 amide bonds. The van der Waals surface area contributed by atoms with Crippen LogP contribution in [0.15, 0.2) is 35.3 Å². The van der Waals surface area contributed by atoms with E-state index < -0.39 is 5.97 Å². The van der Waals surface area contributed by atoms with Gasteiger partial charge in [-0.25, -0.2) is 0 Å². The second-order valence-corrected chi connectivity index (χ2v) is 7.77. The molecule has 0 spiro atoms. The van der Waals surface area contributed by atoms with E-state index in [1.54, 1.807) is 0 Å². The van der Waals surface area contributed by atoms with E-state index in [-0.39, 0.29) is 17.8 Å². The number of carbonyl (C=O) groups is 2. The number of carboxylic acid groups (broad SMARTS) is 1. The lowest BCUT2D eigenvalue weighted by Crippen LogP contribution is -2.45. The lowest BCUT2D eigenvalue weighted by atomic mass is 9.79. The van der Waals surface area contributed by atoms with Crippen LogP contribution in [0.5, 0.6) is 0 Å². The summed E-state index contributed by atoms with van der Waals surface area (Å²) in [5.41, 5.74) is 3.51. The van der Waals surface area contributed by atoms with Gasteiger partial charge < -0.3 is 14.9 Å². The number of nitrogens with zero attached hydrogens (tertiary/aromatic N) is 2. The fourth-order valence-electron chi connectivity index (χ4n) is 5.36. The smallest absolute Gasteiger partial charge is 0.308 e. The van der Waals surface area contributed by atoms with Crippen LogP contribution in [-0.4, -0.2) is 45.8 Å². The predicted octanol–water partition coefficient (Wildman–Crippen LogP) is 2.13. The Labute approximate surface area is 141 Å². The Morgan fingerprint density at radius 2 is 2.00 bits per heavy atom. The number of hydrogen-bond acceptors (Lipinski definition) is 4. The minimum absolute atomic E-state index is 0.0434. The molecule has 6 aliphatic rings. The molecule has 24 heavy (non-hydrogen) atoms. The maximum absolute atomic E-state index is 11.9. The molecule has 2 saturated heterocycles. The zero-order chi connectivity index (χ0) is 16.4. The van der Waals surface area contributed by atoms with Gasteiger partial charge in [0.1, 0.15) is 0 Å². The average Bonchev–Trinajstić information content (AvgIpc) is 2.94. The third kappa shape index (κ3) is 1.93. The van der Waals surface area contributed by atoms with E-state index in [0.29, 0.717) is 24.9 Å². The fraction of sp³-hybridized carbons (Fsp3) is 0.579. The lowest BCUT2D eigenvalue weighted by molar-refractivity contribution is -0.142. The van der Waals surface area contributed by atoms with Crippen molar-refractivity contribution in [3.63, 3.8) is 0 Å². The number of Topliss-reactive ketones (excluding diaryl/α,β-unsaturated/α-hetero) is 1.